The Morgan fingerprint density at radius 3 is 2.32 bits per heavy atom. The molecular formula is C16H30N2S. The summed E-state index contributed by atoms with van der Waals surface area (Å²) in [5.74, 6) is 0. The topological polar surface area (TPSA) is 15.3 Å². The third-order valence-corrected chi connectivity index (χ3v) is 7.19. The van der Waals surface area contributed by atoms with Crippen molar-refractivity contribution >= 4 is 11.8 Å². The van der Waals surface area contributed by atoms with Crippen LogP contribution >= 0.6 is 11.8 Å². The first-order chi connectivity index (χ1) is 9.26. The van der Waals surface area contributed by atoms with Gasteiger partial charge in [0, 0.05) is 29.4 Å². The van der Waals surface area contributed by atoms with Gasteiger partial charge in [-0.3, -0.25) is 4.90 Å². The molecule has 1 N–H and O–H groups in total. The van der Waals surface area contributed by atoms with Gasteiger partial charge in [-0.1, -0.05) is 19.8 Å². The van der Waals surface area contributed by atoms with Crippen molar-refractivity contribution in [1.82, 2.24) is 10.2 Å². The highest BCUT2D eigenvalue weighted by atomic mass is 32.2. The van der Waals surface area contributed by atoms with Gasteiger partial charge in [-0.05, 0) is 51.3 Å². The van der Waals surface area contributed by atoms with Gasteiger partial charge in [-0.15, -0.1) is 0 Å². The van der Waals surface area contributed by atoms with E-state index in [4.69, 9.17) is 0 Å². The summed E-state index contributed by atoms with van der Waals surface area (Å²) in [5.41, 5.74) is 0. The van der Waals surface area contributed by atoms with Gasteiger partial charge < -0.3 is 5.32 Å². The molecule has 2 nitrogen and oxygen atoms in total. The first-order valence-electron chi connectivity index (χ1n) is 8.30. The number of nitrogens with one attached hydrogen (secondary N) is 1. The van der Waals surface area contributed by atoms with Crippen molar-refractivity contribution in [3.63, 3.8) is 0 Å². The van der Waals surface area contributed by atoms with Crippen molar-refractivity contribution in [3.8, 4) is 0 Å². The van der Waals surface area contributed by atoms with Crippen LogP contribution in [0.2, 0.25) is 0 Å². The van der Waals surface area contributed by atoms with Crippen molar-refractivity contribution in [1.29, 1.82) is 0 Å². The first-order valence-corrected chi connectivity index (χ1v) is 9.53. The van der Waals surface area contributed by atoms with Crippen LogP contribution in [0.1, 0.15) is 58.3 Å². The van der Waals surface area contributed by atoms with Crippen LogP contribution in [0, 0.1) is 0 Å². The Kier molecular flexibility index (Phi) is 4.45. The van der Waals surface area contributed by atoms with Gasteiger partial charge in [0.25, 0.3) is 0 Å². The summed E-state index contributed by atoms with van der Waals surface area (Å²) in [4.78, 5) is 2.92. The van der Waals surface area contributed by atoms with Crippen LogP contribution in [-0.2, 0) is 0 Å². The number of thioether (sulfide) groups is 1. The van der Waals surface area contributed by atoms with Gasteiger partial charge in [-0.2, -0.15) is 11.8 Å². The summed E-state index contributed by atoms with van der Waals surface area (Å²) in [6, 6.07) is 2.55. The number of piperidine rings is 2. The predicted molar refractivity (Wildman–Crippen MR) is 84.9 cm³/mol. The summed E-state index contributed by atoms with van der Waals surface area (Å²) in [6.45, 7) is 4.76. The summed E-state index contributed by atoms with van der Waals surface area (Å²) in [5, 5.41) is 3.71. The van der Waals surface area contributed by atoms with E-state index in [1.165, 1.54) is 57.9 Å². The van der Waals surface area contributed by atoms with Gasteiger partial charge in [0.05, 0.1) is 0 Å². The maximum Gasteiger partial charge on any atom is 0.0284 e. The Bertz CT molecular complexity index is 284. The highest BCUT2D eigenvalue weighted by molar-refractivity contribution is 8.00. The van der Waals surface area contributed by atoms with Crippen LogP contribution in [-0.4, -0.2) is 47.1 Å². The Labute approximate surface area is 123 Å². The summed E-state index contributed by atoms with van der Waals surface area (Å²) >= 11 is 2.15. The second-order valence-corrected chi connectivity index (χ2v) is 8.15. The average molecular weight is 282 g/mol. The van der Waals surface area contributed by atoms with E-state index in [0.717, 1.165) is 24.7 Å². The molecule has 2 aliphatic heterocycles. The molecular weight excluding hydrogens is 252 g/mol. The summed E-state index contributed by atoms with van der Waals surface area (Å²) in [7, 11) is 0. The van der Waals surface area contributed by atoms with Crippen LogP contribution in [0.15, 0.2) is 0 Å². The molecule has 0 spiro atoms. The molecule has 2 saturated heterocycles. The van der Waals surface area contributed by atoms with Gasteiger partial charge in [0.2, 0.25) is 0 Å². The predicted octanol–water partition coefficient (Wildman–Crippen LogP) is 3.27. The van der Waals surface area contributed by atoms with E-state index >= 15 is 0 Å². The second-order valence-electron chi connectivity index (χ2n) is 6.88. The molecule has 2 unspecified atom stereocenters. The molecule has 3 fully saturated rings. The maximum absolute atomic E-state index is 3.71. The van der Waals surface area contributed by atoms with Gasteiger partial charge in [0.15, 0.2) is 0 Å². The molecule has 0 aromatic heterocycles. The monoisotopic (exact) mass is 282 g/mol. The van der Waals surface area contributed by atoms with E-state index in [2.05, 4.69) is 35.2 Å². The molecule has 110 valence electrons. The fraction of sp³-hybridized carbons (Fsp3) is 1.00. The Morgan fingerprint density at radius 2 is 1.84 bits per heavy atom. The van der Waals surface area contributed by atoms with Crippen LogP contribution < -0.4 is 5.32 Å². The minimum atomic E-state index is 0.624. The molecule has 3 heteroatoms. The molecule has 0 amide bonds. The van der Waals surface area contributed by atoms with Gasteiger partial charge in [-0.25, -0.2) is 0 Å². The van der Waals surface area contributed by atoms with Crippen LogP contribution in [0.4, 0.5) is 0 Å². The molecule has 2 bridgehead atoms. The maximum atomic E-state index is 3.71. The Hall–Kier alpha value is 0.270. The lowest BCUT2D eigenvalue weighted by atomic mass is 9.78. The summed E-state index contributed by atoms with van der Waals surface area (Å²) in [6.07, 6.45) is 13.9. The van der Waals surface area contributed by atoms with Crippen molar-refractivity contribution < 1.29 is 0 Å². The van der Waals surface area contributed by atoms with Gasteiger partial charge >= 0.3 is 0 Å². The molecule has 2 heterocycles. The molecule has 19 heavy (non-hydrogen) atoms. The molecule has 0 radical (unpaired) electrons. The fourth-order valence-corrected chi connectivity index (χ4v) is 5.50. The molecule has 3 rings (SSSR count). The minimum absolute atomic E-state index is 0.624. The SMILES string of the molecule is CCNC1CC2CCCC(C1)N2CC1(SC)CCC1. The first kappa shape index (κ1) is 14.2. The summed E-state index contributed by atoms with van der Waals surface area (Å²) < 4.78 is 0.624. The van der Waals surface area contributed by atoms with E-state index in [0.29, 0.717) is 4.75 Å². The Balaban J connectivity index is 1.65. The third-order valence-electron chi connectivity index (χ3n) is 5.79. The Morgan fingerprint density at radius 1 is 1.16 bits per heavy atom. The van der Waals surface area contributed by atoms with Gasteiger partial charge in [0.1, 0.15) is 0 Å². The number of nitrogens with zero attached hydrogens (tertiary/aromatic N) is 1. The molecule has 1 aliphatic carbocycles. The van der Waals surface area contributed by atoms with Crippen molar-refractivity contribution in [3.05, 3.63) is 0 Å². The number of fused-ring (bicyclic) bond motifs is 2. The van der Waals surface area contributed by atoms with E-state index < -0.39 is 0 Å². The smallest absolute Gasteiger partial charge is 0.0284 e. The molecule has 0 aromatic rings. The zero-order valence-electron chi connectivity index (χ0n) is 12.7. The van der Waals surface area contributed by atoms with Crippen LogP contribution in [0.5, 0.6) is 0 Å². The lowest BCUT2D eigenvalue weighted by Gasteiger charge is -2.54. The molecule has 1 saturated carbocycles. The minimum Gasteiger partial charge on any atom is -0.314 e. The zero-order chi connectivity index (χ0) is 13.3. The second kappa shape index (κ2) is 5.95. The van der Waals surface area contributed by atoms with Crippen LogP contribution in [0.3, 0.4) is 0 Å². The van der Waals surface area contributed by atoms with Crippen LogP contribution in [0.25, 0.3) is 0 Å². The van der Waals surface area contributed by atoms with E-state index in [-0.39, 0.29) is 0 Å². The lowest BCUT2D eigenvalue weighted by Crippen LogP contribution is -2.60. The highest BCUT2D eigenvalue weighted by Crippen LogP contribution is 2.46. The van der Waals surface area contributed by atoms with Crippen molar-refractivity contribution in [2.75, 3.05) is 19.3 Å². The van der Waals surface area contributed by atoms with E-state index in [9.17, 15) is 0 Å². The normalized spacial score (nSPS) is 37.9. The quantitative estimate of drug-likeness (QED) is 0.833. The molecule has 3 aliphatic rings. The van der Waals surface area contributed by atoms with E-state index in [1.807, 2.05) is 0 Å². The number of hydrogen-bond acceptors (Lipinski definition) is 3. The number of hydrogen-bond donors (Lipinski definition) is 1. The van der Waals surface area contributed by atoms with E-state index in [1.54, 1.807) is 0 Å². The lowest BCUT2D eigenvalue weighted by molar-refractivity contribution is 0.00925. The largest absolute Gasteiger partial charge is 0.314 e. The third kappa shape index (κ3) is 2.84. The zero-order valence-corrected chi connectivity index (χ0v) is 13.5. The fourth-order valence-electron chi connectivity index (χ4n) is 4.52. The van der Waals surface area contributed by atoms with Crippen molar-refractivity contribution in [2.24, 2.45) is 0 Å². The molecule has 2 atom stereocenters. The molecule has 0 aromatic carbocycles. The van der Waals surface area contributed by atoms with Crippen molar-refractivity contribution in [2.45, 2.75) is 81.2 Å². The highest BCUT2D eigenvalue weighted by Gasteiger charge is 2.44. The number of rotatable bonds is 5. The average Bonchev–Trinajstić information content (AvgIpc) is 2.34. The standard InChI is InChI=1S/C16H30N2S/c1-3-17-13-10-14-6-4-7-15(11-13)18(14)12-16(19-2)8-5-9-16/h13-15,17H,3-12H2,1-2H3.